The van der Waals surface area contributed by atoms with Crippen LogP contribution in [-0.2, 0) is 6.42 Å². The summed E-state index contributed by atoms with van der Waals surface area (Å²) in [7, 11) is 0. The van der Waals surface area contributed by atoms with Gasteiger partial charge < -0.3 is 4.74 Å². The molecule has 0 aliphatic rings. The maximum Gasteiger partial charge on any atom is 0.128 e. The van der Waals surface area contributed by atoms with Crippen LogP contribution >= 0.6 is 0 Å². The van der Waals surface area contributed by atoms with Gasteiger partial charge in [-0.2, -0.15) is 0 Å². The average molecular weight is 301 g/mol. The first-order valence-corrected chi connectivity index (χ1v) is 7.80. The van der Waals surface area contributed by atoms with Crippen LogP contribution in [0.5, 0.6) is 11.5 Å². The predicted octanol–water partition coefficient (Wildman–Crippen LogP) is 5.61. The molecule has 23 heavy (non-hydrogen) atoms. The van der Waals surface area contributed by atoms with Gasteiger partial charge in [0.25, 0.3) is 0 Å². The van der Waals surface area contributed by atoms with Crippen molar-refractivity contribution in [3.05, 3.63) is 89.7 Å². The number of hydrogen-bond donors (Lipinski definition) is 0. The predicted molar refractivity (Wildman–Crippen MR) is 95.5 cm³/mol. The lowest BCUT2D eigenvalue weighted by Gasteiger charge is -2.06. The monoisotopic (exact) mass is 301 g/mol. The summed E-state index contributed by atoms with van der Waals surface area (Å²) in [6.45, 7) is 2.11. The Hall–Kier alpha value is -2.87. The lowest BCUT2D eigenvalue weighted by atomic mass is 10.2. The molecular formula is C21H19NO. The number of para-hydroxylation sites is 1. The Kier molecular flexibility index (Phi) is 4.85. The van der Waals surface area contributed by atoms with Crippen molar-refractivity contribution in [2.24, 2.45) is 0 Å². The summed E-state index contributed by atoms with van der Waals surface area (Å²) in [5, 5.41) is 0. The maximum absolute atomic E-state index is 5.86. The Labute approximate surface area is 137 Å². The Morgan fingerprint density at radius 1 is 0.826 bits per heavy atom. The van der Waals surface area contributed by atoms with E-state index in [1.165, 1.54) is 0 Å². The molecule has 0 atom stereocenters. The molecule has 0 aliphatic carbocycles. The zero-order chi connectivity index (χ0) is 15.9. The largest absolute Gasteiger partial charge is 0.457 e. The van der Waals surface area contributed by atoms with Crippen LogP contribution in [-0.4, -0.2) is 4.98 Å². The molecule has 0 fully saturated rings. The summed E-state index contributed by atoms with van der Waals surface area (Å²) in [6.07, 6.45) is 5.03. The lowest BCUT2D eigenvalue weighted by molar-refractivity contribution is 0.482. The molecule has 1 aromatic heterocycles. The van der Waals surface area contributed by atoms with Crippen LogP contribution < -0.4 is 4.74 Å². The van der Waals surface area contributed by atoms with E-state index in [4.69, 9.17) is 4.74 Å². The molecule has 0 aliphatic heterocycles. The van der Waals surface area contributed by atoms with Crippen molar-refractivity contribution in [3.8, 4) is 11.5 Å². The molecule has 2 nitrogen and oxygen atoms in total. The normalized spacial score (nSPS) is 10.8. The number of rotatable bonds is 5. The molecule has 3 aromatic rings. The first kappa shape index (κ1) is 15.0. The molecule has 1 heterocycles. The van der Waals surface area contributed by atoms with Gasteiger partial charge in [-0.1, -0.05) is 49.4 Å². The van der Waals surface area contributed by atoms with Gasteiger partial charge in [-0.3, -0.25) is 4.98 Å². The van der Waals surface area contributed by atoms with Crippen LogP contribution in [0.1, 0.15) is 23.9 Å². The minimum absolute atomic E-state index is 0.827. The van der Waals surface area contributed by atoms with Crippen molar-refractivity contribution >= 4 is 12.2 Å². The second-order valence-corrected chi connectivity index (χ2v) is 5.23. The van der Waals surface area contributed by atoms with Crippen LogP contribution in [0.4, 0.5) is 0 Å². The number of aryl methyl sites for hydroxylation is 1. The van der Waals surface area contributed by atoms with E-state index in [1.54, 1.807) is 0 Å². The highest BCUT2D eigenvalue weighted by molar-refractivity contribution is 5.68. The zero-order valence-electron chi connectivity index (χ0n) is 13.1. The van der Waals surface area contributed by atoms with Crippen LogP contribution in [0.3, 0.4) is 0 Å². The van der Waals surface area contributed by atoms with E-state index >= 15 is 0 Å². The third-order valence-corrected chi connectivity index (χ3v) is 3.47. The highest BCUT2D eigenvalue weighted by Gasteiger charge is 1.97. The van der Waals surface area contributed by atoms with Crippen molar-refractivity contribution < 1.29 is 4.74 Å². The van der Waals surface area contributed by atoms with Crippen molar-refractivity contribution in [2.75, 3.05) is 0 Å². The molecule has 114 valence electrons. The van der Waals surface area contributed by atoms with E-state index in [0.29, 0.717) is 0 Å². The summed E-state index contributed by atoms with van der Waals surface area (Å²) in [4.78, 5) is 4.58. The smallest absolute Gasteiger partial charge is 0.128 e. The van der Waals surface area contributed by atoms with Gasteiger partial charge in [-0.25, -0.2) is 0 Å². The molecule has 0 radical (unpaired) electrons. The molecule has 3 rings (SSSR count). The van der Waals surface area contributed by atoms with Crippen molar-refractivity contribution in [1.29, 1.82) is 0 Å². The van der Waals surface area contributed by atoms with E-state index in [9.17, 15) is 0 Å². The van der Waals surface area contributed by atoms with Crippen LogP contribution in [0.15, 0.2) is 72.8 Å². The number of hydrogen-bond acceptors (Lipinski definition) is 2. The van der Waals surface area contributed by atoms with Gasteiger partial charge in [0.1, 0.15) is 11.5 Å². The van der Waals surface area contributed by atoms with Gasteiger partial charge in [0.15, 0.2) is 0 Å². The highest BCUT2D eigenvalue weighted by atomic mass is 16.5. The fraction of sp³-hybridized carbons (Fsp3) is 0.0952. The van der Waals surface area contributed by atoms with E-state index in [1.807, 2.05) is 72.8 Å². The van der Waals surface area contributed by atoms with Gasteiger partial charge in [0.05, 0.1) is 5.69 Å². The molecular weight excluding hydrogens is 282 g/mol. The Morgan fingerprint density at radius 2 is 1.61 bits per heavy atom. The molecule has 0 spiro atoms. The highest BCUT2D eigenvalue weighted by Crippen LogP contribution is 2.22. The number of nitrogens with zero attached hydrogens (tertiary/aromatic N) is 1. The Morgan fingerprint density at radius 3 is 2.43 bits per heavy atom. The first-order valence-electron chi connectivity index (χ1n) is 7.80. The summed E-state index contributed by atoms with van der Waals surface area (Å²) >= 11 is 0. The topological polar surface area (TPSA) is 22.1 Å². The maximum atomic E-state index is 5.86. The lowest BCUT2D eigenvalue weighted by Crippen LogP contribution is -1.88. The molecule has 2 heteroatoms. The van der Waals surface area contributed by atoms with E-state index in [-0.39, 0.29) is 0 Å². The number of pyridine rings is 1. The third-order valence-electron chi connectivity index (χ3n) is 3.47. The summed E-state index contributed by atoms with van der Waals surface area (Å²) in [5.74, 6) is 1.67. The van der Waals surface area contributed by atoms with E-state index < -0.39 is 0 Å². The quantitative estimate of drug-likeness (QED) is 0.611. The summed E-state index contributed by atoms with van der Waals surface area (Å²) in [5.41, 5.74) is 3.16. The minimum Gasteiger partial charge on any atom is -0.457 e. The molecule has 0 unspecified atom stereocenters. The molecule has 0 N–H and O–H groups in total. The van der Waals surface area contributed by atoms with Gasteiger partial charge in [0, 0.05) is 5.69 Å². The second-order valence-electron chi connectivity index (χ2n) is 5.23. The van der Waals surface area contributed by atoms with Crippen LogP contribution in [0, 0.1) is 0 Å². The zero-order valence-corrected chi connectivity index (χ0v) is 13.1. The van der Waals surface area contributed by atoms with Gasteiger partial charge in [-0.05, 0) is 54.5 Å². The van der Waals surface area contributed by atoms with Gasteiger partial charge in [0.2, 0.25) is 0 Å². The van der Waals surface area contributed by atoms with Crippen LogP contribution in [0.2, 0.25) is 0 Å². The van der Waals surface area contributed by atoms with E-state index in [2.05, 4.69) is 24.1 Å². The molecule has 0 bridgehead atoms. The van der Waals surface area contributed by atoms with Crippen molar-refractivity contribution in [3.63, 3.8) is 0 Å². The first-order chi connectivity index (χ1) is 11.3. The molecule has 2 aromatic carbocycles. The van der Waals surface area contributed by atoms with Crippen molar-refractivity contribution in [2.45, 2.75) is 13.3 Å². The van der Waals surface area contributed by atoms with Gasteiger partial charge in [-0.15, -0.1) is 0 Å². The standard InChI is InChI=1S/C21H19NO/c1-2-18-9-7-10-19(22-18)15-14-17-8-6-13-21(16-17)23-20-11-4-3-5-12-20/h3-16H,2H2,1H3/b15-14+. The minimum atomic E-state index is 0.827. The third kappa shape index (κ3) is 4.30. The van der Waals surface area contributed by atoms with Crippen molar-refractivity contribution in [1.82, 2.24) is 4.98 Å². The molecule has 0 saturated carbocycles. The Bertz CT molecular complexity index is 794. The number of ether oxygens (including phenoxy) is 1. The number of aromatic nitrogens is 1. The summed E-state index contributed by atoms with van der Waals surface area (Å²) < 4.78 is 5.86. The average Bonchev–Trinajstić information content (AvgIpc) is 2.61. The SMILES string of the molecule is CCc1cccc(/C=C/c2cccc(Oc3ccccc3)c2)n1. The fourth-order valence-corrected chi connectivity index (χ4v) is 2.28. The van der Waals surface area contributed by atoms with Crippen LogP contribution in [0.25, 0.3) is 12.2 Å². The number of benzene rings is 2. The fourth-order valence-electron chi connectivity index (χ4n) is 2.28. The molecule has 0 saturated heterocycles. The second kappa shape index (κ2) is 7.41. The van der Waals surface area contributed by atoms with Gasteiger partial charge >= 0.3 is 0 Å². The van der Waals surface area contributed by atoms with E-state index in [0.717, 1.165) is 34.9 Å². The molecule has 0 amide bonds. The summed E-state index contributed by atoms with van der Waals surface area (Å²) in [6, 6.07) is 23.9. The Balaban J connectivity index is 1.75.